The maximum atomic E-state index is 10.0. The number of aliphatic hydroxyl groups excluding tert-OH is 1. The average molecular weight is 204 g/mol. The van der Waals surface area contributed by atoms with E-state index in [9.17, 15) is 5.11 Å². The topological polar surface area (TPSA) is 24.7 Å². The van der Waals surface area contributed by atoms with Crippen LogP contribution in [0.2, 0.25) is 0 Å². The predicted molar refractivity (Wildman–Crippen MR) is 58.9 cm³/mol. The molecule has 1 unspecified atom stereocenters. The minimum Gasteiger partial charge on any atom is -0.387 e. The Labute approximate surface area is 90.5 Å². The first-order valence-corrected chi connectivity index (χ1v) is 5.91. The summed E-state index contributed by atoms with van der Waals surface area (Å²) in [7, 11) is 0. The molecule has 0 saturated carbocycles. The molecule has 2 bridgehead atoms. The van der Waals surface area contributed by atoms with Crippen molar-refractivity contribution in [2.75, 3.05) is 19.6 Å². The number of quaternary nitrogens is 1. The minimum atomic E-state index is -0.0762. The van der Waals surface area contributed by atoms with Crippen molar-refractivity contribution in [2.24, 2.45) is 5.92 Å². The first kappa shape index (κ1) is 9.37. The maximum Gasteiger partial charge on any atom is 0.107 e. The van der Waals surface area contributed by atoms with Crippen molar-refractivity contribution >= 4 is 0 Å². The van der Waals surface area contributed by atoms with Crippen LogP contribution in [0.5, 0.6) is 0 Å². The van der Waals surface area contributed by atoms with Gasteiger partial charge in [0.25, 0.3) is 0 Å². The summed E-state index contributed by atoms with van der Waals surface area (Å²) in [6.07, 6.45) is 1.11. The summed E-state index contributed by atoms with van der Waals surface area (Å²) in [6.45, 7) is 3.44. The van der Waals surface area contributed by atoms with Gasteiger partial charge in [0.15, 0.2) is 0 Å². The van der Waals surface area contributed by atoms with Gasteiger partial charge in [-0.25, -0.2) is 0 Å². The lowest BCUT2D eigenvalue weighted by molar-refractivity contribution is -0.922. The Balaban J connectivity index is 1.88. The van der Waals surface area contributed by atoms with Gasteiger partial charge in [-0.3, -0.25) is 0 Å². The third-order valence-electron chi connectivity index (χ3n) is 4.08. The van der Waals surface area contributed by atoms with Crippen LogP contribution in [0.1, 0.15) is 17.9 Å². The van der Waals surface area contributed by atoms with Crippen LogP contribution in [0.4, 0.5) is 0 Å². The predicted octanol–water partition coefficient (Wildman–Crippen LogP) is 0.0495. The van der Waals surface area contributed by atoms with E-state index in [1.165, 1.54) is 25.1 Å². The molecule has 80 valence electrons. The number of hydrogen-bond acceptors (Lipinski definition) is 1. The molecular formula is C13H18NO+. The summed E-state index contributed by atoms with van der Waals surface area (Å²) in [5.74, 6) is 1.09. The molecule has 0 spiro atoms. The summed E-state index contributed by atoms with van der Waals surface area (Å²) in [6, 6.07) is 10.7. The van der Waals surface area contributed by atoms with Gasteiger partial charge in [-0.15, -0.1) is 0 Å². The van der Waals surface area contributed by atoms with E-state index in [-0.39, 0.29) is 6.10 Å². The molecule has 3 heterocycles. The standard InChI is InChI=1S/C13H17NO/c15-13-9-14-7-6-11(13)12(8-14)10-4-2-1-3-5-10/h1-5,11-13,15H,6-9H2/p+1/t11-,12-,13+/m0/s1. The lowest BCUT2D eigenvalue weighted by Gasteiger charge is -2.45. The van der Waals surface area contributed by atoms with Crippen LogP contribution in [0.3, 0.4) is 0 Å². The van der Waals surface area contributed by atoms with E-state index in [1.807, 2.05) is 0 Å². The third-order valence-corrected chi connectivity index (χ3v) is 4.08. The monoisotopic (exact) mass is 204 g/mol. The molecular weight excluding hydrogens is 186 g/mol. The third kappa shape index (κ3) is 1.58. The van der Waals surface area contributed by atoms with Gasteiger partial charge in [-0.1, -0.05) is 30.3 Å². The van der Waals surface area contributed by atoms with Crippen molar-refractivity contribution in [1.82, 2.24) is 0 Å². The SMILES string of the molecule is O[C@@H]1C[NH+]2CC[C@H]1[C@H](c1ccccc1)C2. The molecule has 4 atom stereocenters. The Hall–Kier alpha value is -0.860. The highest BCUT2D eigenvalue weighted by atomic mass is 16.3. The van der Waals surface area contributed by atoms with Crippen molar-refractivity contribution in [1.29, 1.82) is 0 Å². The molecule has 3 aliphatic rings. The number of piperidine rings is 3. The zero-order valence-corrected chi connectivity index (χ0v) is 8.89. The van der Waals surface area contributed by atoms with Crippen LogP contribution in [-0.2, 0) is 0 Å². The minimum absolute atomic E-state index is 0.0762. The number of fused-ring (bicyclic) bond motifs is 3. The van der Waals surface area contributed by atoms with Crippen LogP contribution in [-0.4, -0.2) is 30.8 Å². The van der Waals surface area contributed by atoms with E-state index in [0.29, 0.717) is 11.8 Å². The summed E-state index contributed by atoms with van der Waals surface area (Å²) < 4.78 is 0. The first-order chi connectivity index (χ1) is 7.34. The summed E-state index contributed by atoms with van der Waals surface area (Å²) >= 11 is 0. The van der Waals surface area contributed by atoms with E-state index in [1.54, 1.807) is 4.90 Å². The molecule has 1 aromatic carbocycles. The highest BCUT2D eigenvalue weighted by molar-refractivity contribution is 5.21. The molecule has 2 N–H and O–H groups in total. The van der Waals surface area contributed by atoms with Gasteiger partial charge in [0.1, 0.15) is 12.6 Å². The number of hydrogen-bond donors (Lipinski definition) is 2. The van der Waals surface area contributed by atoms with Gasteiger partial charge in [-0.05, 0) is 5.56 Å². The molecule has 2 nitrogen and oxygen atoms in total. The number of aliphatic hydroxyl groups is 1. The van der Waals surface area contributed by atoms with E-state index in [4.69, 9.17) is 0 Å². The highest BCUT2D eigenvalue weighted by Gasteiger charge is 2.43. The molecule has 1 aromatic rings. The van der Waals surface area contributed by atoms with Crippen LogP contribution < -0.4 is 4.90 Å². The first-order valence-electron chi connectivity index (χ1n) is 5.91. The molecule has 4 rings (SSSR count). The lowest BCUT2D eigenvalue weighted by Crippen LogP contribution is -3.17. The van der Waals surface area contributed by atoms with Gasteiger partial charge in [0.2, 0.25) is 0 Å². The van der Waals surface area contributed by atoms with Crippen molar-refractivity contribution in [3.63, 3.8) is 0 Å². The number of rotatable bonds is 1. The average Bonchev–Trinajstić information content (AvgIpc) is 2.30. The summed E-state index contributed by atoms with van der Waals surface area (Å²) in [5, 5.41) is 10.0. The second-order valence-electron chi connectivity index (χ2n) is 4.95. The fourth-order valence-electron chi connectivity index (χ4n) is 3.29. The van der Waals surface area contributed by atoms with E-state index < -0.39 is 0 Å². The molecule has 15 heavy (non-hydrogen) atoms. The zero-order valence-electron chi connectivity index (χ0n) is 8.89. The fourth-order valence-corrected chi connectivity index (χ4v) is 3.29. The molecule has 0 amide bonds. The molecule has 0 radical (unpaired) electrons. The Bertz CT molecular complexity index is 338. The highest BCUT2D eigenvalue weighted by Crippen LogP contribution is 2.32. The number of nitrogens with one attached hydrogen (secondary N) is 1. The lowest BCUT2D eigenvalue weighted by atomic mass is 9.74. The van der Waals surface area contributed by atoms with Crippen LogP contribution in [0.25, 0.3) is 0 Å². The van der Waals surface area contributed by atoms with Crippen molar-refractivity contribution in [3.8, 4) is 0 Å². The smallest absolute Gasteiger partial charge is 0.107 e. The quantitative estimate of drug-likeness (QED) is 0.664. The Morgan fingerprint density at radius 2 is 1.93 bits per heavy atom. The summed E-state index contributed by atoms with van der Waals surface area (Å²) in [4.78, 5) is 1.58. The summed E-state index contributed by atoms with van der Waals surface area (Å²) in [5.41, 5.74) is 1.42. The van der Waals surface area contributed by atoms with E-state index in [0.717, 1.165) is 6.54 Å². The molecule has 3 aliphatic heterocycles. The normalized spacial score (nSPS) is 39.3. The zero-order chi connectivity index (χ0) is 10.3. The van der Waals surface area contributed by atoms with Gasteiger partial charge >= 0.3 is 0 Å². The van der Waals surface area contributed by atoms with Crippen LogP contribution >= 0.6 is 0 Å². The van der Waals surface area contributed by atoms with Crippen molar-refractivity contribution in [2.45, 2.75) is 18.4 Å². The van der Waals surface area contributed by atoms with E-state index in [2.05, 4.69) is 30.3 Å². The van der Waals surface area contributed by atoms with Crippen molar-refractivity contribution in [3.05, 3.63) is 35.9 Å². The van der Waals surface area contributed by atoms with Gasteiger partial charge in [-0.2, -0.15) is 0 Å². The number of benzene rings is 1. The largest absolute Gasteiger partial charge is 0.387 e. The van der Waals surface area contributed by atoms with Crippen LogP contribution in [0.15, 0.2) is 30.3 Å². The molecule has 3 saturated heterocycles. The van der Waals surface area contributed by atoms with E-state index >= 15 is 0 Å². The second kappa shape index (κ2) is 3.62. The Morgan fingerprint density at radius 3 is 2.60 bits per heavy atom. The molecule has 0 aromatic heterocycles. The van der Waals surface area contributed by atoms with Crippen molar-refractivity contribution < 1.29 is 10.0 Å². The molecule has 0 aliphatic carbocycles. The maximum absolute atomic E-state index is 10.0. The fraction of sp³-hybridized carbons (Fsp3) is 0.538. The Morgan fingerprint density at radius 1 is 1.13 bits per heavy atom. The second-order valence-corrected chi connectivity index (χ2v) is 4.95. The Kier molecular flexibility index (Phi) is 2.26. The molecule has 3 fully saturated rings. The van der Waals surface area contributed by atoms with Gasteiger partial charge in [0, 0.05) is 18.3 Å². The van der Waals surface area contributed by atoms with Gasteiger partial charge in [0.05, 0.1) is 13.1 Å². The van der Waals surface area contributed by atoms with Gasteiger partial charge < -0.3 is 10.0 Å². The molecule has 2 heteroatoms. The van der Waals surface area contributed by atoms with Crippen LogP contribution in [0, 0.1) is 5.92 Å².